The van der Waals surface area contributed by atoms with Crippen LogP contribution in [-0.4, -0.2) is 52.3 Å². The summed E-state index contributed by atoms with van der Waals surface area (Å²) in [5.74, 6) is 1.67. The minimum atomic E-state index is -0.512. The Morgan fingerprint density at radius 3 is 2.66 bits per heavy atom. The number of benzene rings is 2. The van der Waals surface area contributed by atoms with E-state index in [4.69, 9.17) is 16.3 Å². The third kappa shape index (κ3) is 4.50. The van der Waals surface area contributed by atoms with E-state index in [2.05, 4.69) is 26.4 Å². The molecule has 8 nitrogen and oxygen atoms in total. The van der Waals surface area contributed by atoms with Gasteiger partial charge in [-0.25, -0.2) is 4.79 Å². The van der Waals surface area contributed by atoms with Crippen LogP contribution in [0, 0.1) is 11.8 Å². The number of H-pyrrole nitrogens is 1. The van der Waals surface area contributed by atoms with E-state index >= 15 is 0 Å². The third-order valence-corrected chi connectivity index (χ3v) is 7.94. The van der Waals surface area contributed by atoms with E-state index < -0.39 is 6.09 Å². The van der Waals surface area contributed by atoms with Gasteiger partial charge in [0.15, 0.2) is 0 Å². The second-order valence-corrected chi connectivity index (χ2v) is 10.9. The van der Waals surface area contributed by atoms with Crippen LogP contribution >= 0.6 is 11.6 Å². The molecular weight excluding hydrogens is 502 g/mol. The molecule has 9 heteroatoms. The zero-order chi connectivity index (χ0) is 25.8. The smallest absolute Gasteiger partial charge is 0.431 e. The maximum Gasteiger partial charge on any atom is 0.431 e. The van der Waals surface area contributed by atoms with Gasteiger partial charge < -0.3 is 15.0 Å². The Kier molecular flexibility index (Phi) is 5.60. The van der Waals surface area contributed by atoms with Crippen molar-refractivity contribution in [2.24, 2.45) is 16.9 Å². The van der Waals surface area contributed by atoms with Crippen LogP contribution in [0.4, 0.5) is 10.5 Å². The van der Waals surface area contributed by atoms with Crippen molar-refractivity contribution in [3.63, 3.8) is 0 Å². The van der Waals surface area contributed by atoms with Gasteiger partial charge in [-0.05, 0) is 65.8 Å². The van der Waals surface area contributed by atoms with E-state index in [0.29, 0.717) is 16.3 Å². The number of nitrogens with zero attached hydrogens (tertiary/aromatic N) is 3. The number of hydrogen-bond acceptors (Lipinski definition) is 5. The van der Waals surface area contributed by atoms with Gasteiger partial charge >= 0.3 is 6.09 Å². The first-order chi connectivity index (χ1) is 18.5. The van der Waals surface area contributed by atoms with Gasteiger partial charge in [0.25, 0.3) is 5.91 Å². The van der Waals surface area contributed by atoms with Crippen LogP contribution in [0.2, 0.25) is 5.02 Å². The molecule has 2 amide bonds. The number of aromatic nitrogens is 1. The molecule has 0 bridgehead atoms. The second kappa shape index (κ2) is 9.15. The highest BCUT2D eigenvalue weighted by atomic mass is 35.5. The molecule has 1 saturated heterocycles. The molecule has 3 aliphatic heterocycles. The number of cyclic esters (lactones) is 1. The van der Waals surface area contributed by atoms with Crippen LogP contribution in [0.1, 0.15) is 34.4 Å². The van der Waals surface area contributed by atoms with Gasteiger partial charge in [-0.15, -0.1) is 0 Å². The molecular formula is C29H26ClN5O3. The molecule has 1 aliphatic carbocycles. The zero-order valence-corrected chi connectivity index (χ0v) is 21.4. The molecule has 4 heterocycles. The Balaban J connectivity index is 1.10. The number of halogens is 1. The number of nitrogens with one attached hydrogen (secondary N) is 2. The number of aromatic amines is 1. The molecule has 1 aromatic heterocycles. The summed E-state index contributed by atoms with van der Waals surface area (Å²) in [7, 11) is 0. The highest BCUT2D eigenvalue weighted by Crippen LogP contribution is 2.45. The number of ether oxygens (including phenoxy) is 1. The molecule has 3 aromatic rings. The fourth-order valence-corrected chi connectivity index (χ4v) is 5.75. The van der Waals surface area contributed by atoms with E-state index in [0.717, 1.165) is 46.5 Å². The van der Waals surface area contributed by atoms with Gasteiger partial charge in [0.2, 0.25) is 0 Å². The summed E-state index contributed by atoms with van der Waals surface area (Å²) < 4.78 is 5.37. The zero-order valence-electron chi connectivity index (χ0n) is 20.6. The van der Waals surface area contributed by atoms with Gasteiger partial charge in [0.05, 0.1) is 12.1 Å². The lowest BCUT2D eigenvalue weighted by Crippen LogP contribution is -2.35. The first kappa shape index (κ1) is 23.3. The number of hydrogen-bond donors (Lipinski definition) is 2. The first-order valence-corrected chi connectivity index (χ1v) is 13.2. The molecule has 2 atom stereocenters. The van der Waals surface area contributed by atoms with E-state index in [1.165, 1.54) is 30.1 Å². The number of carbonyl (C=O) groups excluding carboxylic acids is 2. The lowest BCUT2D eigenvalue weighted by atomic mass is 10.0. The lowest BCUT2D eigenvalue weighted by Gasteiger charge is -2.23. The van der Waals surface area contributed by atoms with E-state index in [1.54, 1.807) is 12.1 Å². The standard InChI is InChI=1S/C29H26ClN5O3/c30-22-4-2-19(3-5-22)27-16-38-29(37)35(33-27)13-17-1-6-26-24(8-17)25(28(36)32-26)10-23-7-18(11-31-23)12-34-14-20-9-21(20)15-34/h1-8,10-11,20-21,31H,9,12-16H2,(H,32,36)/b25-10-/t20-,21+. The molecule has 1 saturated carbocycles. The number of piperidine rings is 1. The van der Waals surface area contributed by atoms with E-state index in [9.17, 15) is 9.59 Å². The summed E-state index contributed by atoms with van der Waals surface area (Å²) in [4.78, 5) is 31.1. The van der Waals surface area contributed by atoms with Crippen LogP contribution in [-0.2, 0) is 22.6 Å². The van der Waals surface area contributed by atoms with Gasteiger partial charge in [-0.2, -0.15) is 10.1 Å². The molecule has 7 rings (SSSR count). The number of hydrazone groups is 1. The summed E-state index contributed by atoms with van der Waals surface area (Å²) in [5, 5.41) is 9.41. The Bertz CT molecular complexity index is 1500. The van der Waals surface area contributed by atoms with Crippen LogP contribution in [0.25, 0.3) is 11.6 Å². The molecule has 2 fully saturated rings. The van der Waals surface area contributed by atoms with Crippen LogP contribution < -0.4 is 5.32 Å². The average molecular weight is 528 g/mol. The number of carbonyl (C=O) groups is 2. The Morgan fingerprint density at radius 2 is 1.84 bits per heavy atom. The molecule has 4 aliphatic rings. The maximum atomic E-state index is 12.8. The van der Waals surface area contributed by atoms with E-state index in [-0.39, 0.29) is 19.1 Å². The molecule has 0 spiro atoms. The van der Waals surface area contributed by atoms with Crippen LogP contribution in [0.15, 0.2) is 59.8 Å². The van der Waals surface area contributed by atoms with Crippen molar-refractivity contribution in [3.8, 4) is 0 Å². The highest BCUT2D eigenvalue weighted by molar-refractivity contribution is 6.34. The van der Waals surface area contributed by atoms with Gasteiger partial charge in [0.1, 0.15) is 12.3 Å². The van der Waals surface area contributed by atoms with Gasteiger partial charge in [0, 0.05) is 53.4 Å². The molecule has 0 unspecified atom stereocenters. The van der Waals surface area contributed by atoms with Crippen molar-refractivity contribution in [1.82, 2.24) is 14.9 Å². The molecule has 192 valence electrons. The quantitative estimate of drug-likeness (QED) is 0.443. The predicted molar refractivity (Wildman–Crippen MR) is 145 cm³/mol. The molecule has 2 N–H and O–H groups in total. The van der Waals surface area contributed by atoms with Crippen molar-refractivity contribution in [3.05, 3.63) is 87.7 Å². The van der Waals surface area contributed by atoms with Crippen molar-refractivity contribution >= 4 is 46.6 Å². The predicted octanol–water partition coefficient (Wildman–Crippen LogP) is 4.97. The third-order valence-electron chi connectivity index (χ3n) is 7.69. The SMILES string of the molecule is O=C1Nc2ccc(CN3N=C(c4ccc(Cl)cc4)COC3=O)cc2/C1=C/c1cc(CN2C[C@H]3C[C@H]3C2)c[nH]1. The summed E-state index contributed by atoms with van der Waals surface area (Å²) in [6, 6.07) is 15.0. The fraction of sp³-hybridized carbons (Fsp3) is 0.276. The molecule has 38 heavy (non-hydrogen) atoms. The summed E-state index contributed by atoms with van der Waals surface area (Å²) in [5.41, 5.74) is 6.58. The fourth-order valence-electron chi connectivity index (χ4n) is 5.62. The summed E-state index contributed by atoms with van der Waals surface area (Å²) >= 11 is 6.00. The summed E-state index contributed by atoms with van der Waals surface area (Å²) in [6.07, 6.45) is 4.80. The monoisotopic (exact) mass is 527 g/mol. The maximum absolute atomic E-state index is 12.8. The lowest BCUT2D eigenvalue weighted by molar-refractivity contribution is -0.110. The number of rotatable bonds is 6. The number of amides is 2. The largest absolute Gasteiger partial charge is 0.442 e. The van der Waals surface area contributed by atoms with Gasteiger partial charge in [-0.1, -0.05) is 29.8 Å². The Morgan fingerprint density at radius 1 is 1.03 bits per heavy atom. The number of fused-ring (bicyclic) bond motifs is 2. The second-order valence-electron chi connectivity index (χ2n) is 10.5. The number of likely N-dealkylation sites (tertiary alicyclic amines) is 1. The summed E-state index contributed by atoms with van der Waals surface area (Å²) in [6.45, 7) is 3.64. The Labute approximate surface area is 224 Å². The highest BCUT2D eigenvalue weighted by Gasteiger charge is 2.44. The van der Waals surface area contributed by atoms with E-state index in [1.807, 2.05) is 42.6 Å². The minimum absolute atomic E-state index is 0.101. The topological polar surface area (TPSA) is 90.0 Å². The molecule has 0 radical (unpaired) electrons. The molecule has 2 aromatic carbocycles. The Hall–Kier alpha value is -3.88. The van der Waals surface area contributed by atoms with Gasteiger partial charge in [-0.3, -0.25) is 9.69 Å². The first-order valence-electron chi connectivity index (χ1n) is 12.8. The van der Waals surface area contributed by atoms with Crippen molar-refractivity contribution in [2.45, 2.75) is 19.5 Å². The average Bonchev–Trinajstić information content (AvgIpc) is 3.19. The van der Waals surface area contributed by atoms with Crippen molar-refractivity contribution in [2.75, 3.05) is 25.0 Å². The van der Waals surface area contributed by atoms with Crippen molar-refractivity contribution < 1.29 is 14.3 Å². The van der Waals surface area contributed by atoms with Crippen LogP contribution in [0.3, 0.4) is 0 Å². The van der Waals surface area contributed by atoms with Crippen molar-refractivity contribution in [1.29, 1.82) is 0 Å². The number of anilines is 1. The minimum Gasteiger partial charge on any atom is -0.442 e. The normalized spacial score (nSPS) is 23.2. The van der Waals surface area contributed by atoms with Crippen LogP contribution in [0.5, 0.6) is 0 Å².